The maximum Gasteiger partial charge on any atom is 0.158 e. The van der Waals surface area contributed by atoms with E-state index in [0.717, 1.165) is 261 Å². The maximum atomic E-state index is 6.72. The zero-order chi connectivity index (χ0) is 106. The van der Waals surface area contributed by atoms with Crippen LogP contribution in [0, 0.1) is 72.5 Å². The molecule has 2 saturated carbocycles. The molecule has 7 aliphatic carbocycles. The summed E-state index contributed by atoms with van der Waals surface area (Å²) in [6.07, 6.45) is 46.2. The van der Waals surface area contributed by atoms with Crippen LogP contribution < -0.4 is 105 Å². The number of halogens is 5. The minimum atomic E-state index is 0.156. The molecule has 150 heavy (non-hydrogen) atoms. The van der Waals surface area contributed by atoms with Gasteiger partial charge >= 0.3 is 0 Å². The maximum absolute atomic E-state index is 6.72. The van der Waals surface area contributed by atoms with E-state index in [9.17, 15) is 0 Å². The average Bonchev–Trinajstić information content (AvgIpc) is 1.60. The summed E-state index contributed by atoms with van der Waals surface area (Å²) in [5, 5.41) is 5.32. The Morgan fingerprint density at radius 3 is 0.873 bits per heavy atom. The zero-order valence-corrected chi connectivity index (χ0v) is 94.0. The summed E-state index contributed by atoms with van der Waals surface area (Å²) in [4.78, 5) is 82.2. The minimum Gasteiger partial charge on any atom is -0.382 e. The highest BCUT2D eigenvalue weighted by atomic mass is 35.5. The lowest BCUT2D eigenvalue weighted by Gasteiger charge is -2.43. The Morgan fingerprint density at radius 2 is 0.600 bits per heavy atom. The van der Waals surface area contributed by atoms with Gasteiger partial charge in [-0.05, 0) is 238 Å². The van der Waals surface area contributed by atoms with Gasteiger partial charge in [0.05, 0.1) is 60.3 Å². The number of allylic oxidation sites excluding steroid dienone is 5. The molecular formula is C106H137Cl5N34S5. The Morgan fingerprint density at radius 1 is 0.320 bits per heavy atom. The Balaban J connectivity index is 0.000000122. The Hall–Kier alpha value is -9.95. The highest BCUT2D eigenvalue weighted by Crippen LogP contribution is 2.57. The molecule has 15 heterocycles. The molecule has 5 atom stereocenters. The predicted molar refractivity (Wildman–Crippen MR) is 615 cm³/mol. The highest BCUT2D eigenvalue weighted by Gasteiger charge is 2.52. The number of anilines is 14. The second-order valence-electron chi connectivity index (χ2n) is 42.1. The molecule has 796 valence electrons. The number of nitrogen functional groups attached to an aromatic ring is 9. The van der Waals surface area contributed by atoms with Gasteiger partial charge in [-0.15, -0.1) is 0 Å². The summed E-state index contributed by atoms with van der Waals surface area (Å²) < 4.78 is 0. The quantitative estimate of drug-likeness (QED) is 0.0334. The topological polar surface area (TPSA) is 574 Å². The summed E-state index contributed by atoms with van der Waals surface area (Å²) in [5.41, 5.74) is 98.9. The number of hydrogen-bond donors (Lipinski definition) is 14. The van der Waals surface area contributed by atoms with Gasteiger partial charge in [0.1, 0.15) is 60.0 Å². The first-order valence-corrected chi connectivity index (χ1v) is 57.5. The second-order valence-corrected chi connectivity index (χ2v) is 49.2. The van der Waals surface area contributed by atoms with Gasteiger partial charge in [-0.1, -0.05) is 196 Å². The number of aryl methyl sites for hydroxylation is 4. The van der Waals surface area contributed by atoms with Gasteiger partial charge in [-0.2, -0.15) is 0 Å². The van der Waals surface area contributed by atoms with Crippen LogP contribution in [0.5, 0.6) is 0 Å². The number of nitrogens with two attached hydrogens (primary N) is 14. The Kier molecular flexibility index (Phi) is 33.7. The molecule has 12 aliphatic rings. The molecule has 5 saturated heterocycles. The van der Waals surface area contributed by atoms with Crippen LogP contribution in [0.25, 0.3) is 0 Å². The van der Waals surface area contributed by atoms with Crippen LogP contribution >= 0.6 is 117 Å². The van der Waals surface area contributed by atoms with E-state index in [1.807, 2.05) is 40.0 Å². The van der Waals surface area contributed by atoms with Crippen molar-refractivity contribution >= 4 is 198 Å². The summed E-state index contributed by atoms with van der Waals surface area (Å²) >= 11 is 38.1. The molecule has 10 aromatic rings. The van der Waals surface area contributed by atoms with Gasteiger partial charge in [0.15, 0.2) is 46.5 Å². The monoisotopic (exact) mass is 2220 g/mol. The molecule has 5 spiro atoms. The van der Waals surface area contributed by atoms with Crippen molar-refractivity contribution in [1.82, 2.24) is 74.8 Å². The van der Waals surface area contributed by atoms with Crippen LogP contribution in [0.15, 0.2) is 182 Å². The van der Waals surface area contributed by atoms with Gasteiger partial charge in [0.2, 0.25) is 0 Å². The second kappa shape index (κ2) is 46.0. The number of rotatable bonds is 19. The number of hydrogen-bond acceptors (Lipinski definition) is 39. The molecular weight excluding hydrogens is 2090 g/mol. The summed E-state index contributed by atoms with van der Waals surface area (Å²) in [5.74, 6) is 9.41. The van der Waals surface area contributed by atoms with Gasteiger partial charge in [-0.25, -0.2) is 74.8 Å². The van der Waals surface area contributed by atoms with E-state index < -0.39 is 0 Å². The standard InChI is InChI=1S/C22H28ClN7S.C22H30ClN7S.C21H28ClN7S.C21H25ClN6S.C20H26ClN7S/c1-12-20(29-19(26)21(28-12)31-15-5-9-27-18(25)16(15)23)30-10-7-22(8-11-30)6-4-14(17(22)24)13-2-3-13;1-12(2)14-4-6-22(17(14)24)7-10-30(11-8-22)20-13(3)28-21(19(26)29-20)31-15-5-9-27-18(25)16(15)23;1-3-13-4-6-21(16(13)23)7-10-29(11-8-21)19-12(2)27-20(18(25)28-19)30-14-5-9-26-17(24)15(14)22;22-18-15(4-8-25-20(18)24)29-17-12-26-16(11-27-17)28-9-6-21(7-10-28)5-3-14(19(21)23)13-1-2-13;1-11-3-5-20(15(11)22)6-9-28(10-7-20)18-12(2)26-19(17(24)27-18)29-13-4-8-25-16(23)14(13)21/h4-5,9,13,17H,2-3,6-8,10-11,24H2,1H3,(H2,25,27)(H2,26,29);4-5,9,12,17H,6-8,10-11,24H2,1-3H3,(H2,25,27)(H2,26,29);4-5,9,16H,3,6-8,10-11,23H2,1-2H3,(H2,24,26)(H2,25,28);3-4,8,11-13,19H,1-2,5-7,9-10,23H2,(H2,24,25);3-4,8,15H,5-7,9-10,22H2,1-2H3,(H2,23,25)(H2,24,27)/t2*17-;16-;19-;15-/m11111/s1. The third kappa shape index (κ3) is 23.2. The van der Waals surface area contributed by atoms with Crippen molar-refractivity contribution in [3.05, 3.63) is 180 Å². The first-order valence-electron chi connectivity index (χ1n) is 51.6. The van der Waals surface area contributed by atoms with Crippen molar-refractivity contribution in [2.75, 3.05) is 142 Å². The first-order chi connectivity index (χ1) is 71.8. The Bertz CT molecular complexity index is 6650. The molecule has 10 aromatic heterocycles. The van der Waals surface area contributed by atoms with Crippen LogP contribution in [0.3, 0.4) is 0 Å². The lowest BCUT2D eigenvalue weighted by atomic mass is 9.71. The molecule has 22 rings (SSSR count). The molecule has 0 aromatic carbocycles. The van der Waals surface area contributed by atoms with Crippen LogP contribution in [0.4, 0.5) is 81.5 Å². The van der Waals surface area contributed by atoms with E-state index in [4.69, 9.17) is 173 Å². The first kappa shape index (κ1) is 110. The normalized spacial score (nSPS) is 21.6. The summed E-state index contributed by atoms with van der Waals surface area (Å²) in [6.45, 7) is 25.9. The minimum absolute atomic E-state index is 0.156. The molecule has 34 nitrogen and oxygen atoms in total. The fourth-order valence-corrected chi connectivity index (χ4v) is 28.4. The number of aromatic nitrogens is 15. The fourth-order valence-electron chi connectivity index (χ4n) is 23.1. The molecule has 0 radical (unpaired) electrons. The number of piperidine rings is 5. The molecule has 44 heteroatoms. The molecule has 0 bridgehead atoms. The summed E-state index contributed by atoms with van der Waals surface area (Å²) in [6, 6.07) is 9.97. The smallest absolute Gasteiger partial charge is 0.158 e. The lowest BCUT2D eigenvalue weighted by molar-refractivity contribution is 0.201. The molecule has 28 N–H and O–H groups in total. The number of nitrogens with zero attached hydrogens (tertiary/aromatic N) is 20. The van der Waals surface area contributed by atoms with Crippen LogP contribution in [0.1, 0.15) is 179 Å². The van der Waals surface area contributed by atoms with E-state index in [1.54, 1.807) is 61.4 Å². The lowest BCUT2D eigenvalue weighted by Crippen LogP contribution is -2.49. The SMILES string of the molecule is CC1=CCC2(CCN(c3nc(N)c(Sc4ccnc(N)c4Cl)nc3C)CC2)[C@@H]1N.CCC1=CCC2(CCN(c3nc(N)c(Sc4ccnc(N)c4Cl)nc3C)CC2)[C@@H]1N.Cc1nc(Sc2ccnc(N)c2Cl)c(N)nc1N1CCC2(CC=C(C(C)C)[C@H]2N)CC1.Cc1nc(Sc2ccnc(N)c2Cl)c(N)nc1N1CCC2(CC=C(C3CC3)[C@H]2N)CC1.Nc1nccc(Sc2cnc(N3CCC4(CC=C(C5CC5)[C@H]4N)CC3)cn2)c1Cl. The van der Waals surface area contributed by atoms with Gasteiger partial charge in [0.25, 0.3) is 0 Å². The van der Waals surface area contributed by atoms with Gasteiger partial charge in [0, 0.05) is 151 Å². The van der Waals surface area contributed by atoms with E-state index in [-0.39, 0.29) is 74.7 Å². The predicted octanol–water partition coefficient (Wildman–Crippen LogP) is 19.0. The van der Waals surface area contributed by atoms with E-state index in [0.29, 0.717) is 86.0 Å². The van der Waals surface area contributed by atoms with E-state index >= 15 is 0 Å². The van der Waals surface area contributed by atoms with Crippen LogP contribution in [-0.2, 0) is 0 Å². The van der Waals surface area contributed by atoms with Gasteiger partial charge in [-0.3, -0.25) is 0 Å². The third-order valence-electron chi connectivity index (χ3n) is 32.8. The molecule has 0 amide bonds. The van der Waals surface area contributed by atoms with E-state index in [1.165, 1.54) is 112 Å². The van der Waals surface area contributed by atoms with Crippen LogP contribution in [0.2, 0.25) is 25.1 Å². The van der Waals surface area contributed by atoms with Crippen molar-refractivity contribution in [1.29, 1.82) is 0 Å². The third-order valence-corrected chi connectivity index (χ3v) is 40.5. The fraction of sp³-hybridized carbons (Fsp3) is 0.481. The highest BCUT2D eigenvalue weighted by molar-refractivity contribution is 8.00. The van der Waals surface area contributed by atoms with Crippen molar-refractivity contribution in [3.8, 4) is 0 Å². The van der Waals surface area contributed by atoms with Crippen molar-refractivity contribution < 1.29 is 0 Å². The van der Waals surface area contributed by atoms with Crippen LogP contribution in [-0.4, -0.2) is 170 Å². The van der Waals surface area contributed by atoms with Crippen molar-refractivity contribution in [2.45, 2.75) is 264 Å². The summed E-state index contributed by atoms with van der Waals surface area (Å²) in [7, 11) is 0. The number of pyridine rings is 5. The zero-order valence-electron chi connectivity index (χ0n) is 86.1. The van der Waals surface area contributed by atoms with Crippen molar-refractivity contribution in [2.24, 2.45) is 73.5 Å². The largest absolute Gasteiger partial charge is 0.382 e. The average molecular weight is 2230 g/mol. The molecule has 7 fully saturated rings. The molecule has 5 aliphatic heterocycles. The van der Waals surface area contributed by atoms with E-state index in [2.05, 4.69) is 122 Å². The Labute approximate surface area is 924 Å². The van der Waals surface area contributed by atoms with Gasteiger partial charge < -0.3 is 105 Å². The van der Waals surface area contributed by atoms with Crippen molar-refractivity contribution in [3.63, 3.8) is 0 Å². The molecule has 0 unspecified atom stereocenters.